The maximum absolute atomic E-state index is 12.6. The van der Waals surface area contributed by atoms with Gasteiger partial charge in [0.1, 0.15) is 11.6 Å². The van der Waals surface area contributed by atoms with E-state index in [1.165, 1.54) is 11.1 Å². The van der Waals surface area contributed by atoms with Crippen molar-refractivity contribution in [2.75, 3.05) is 0 Å². The topological polar surface area (TPSA) is 34.1 Å². The van der Waals surface area contributed by atoms with Gasteiger partial charge in [0.2, 0.25) is 0 Å². The van der Waals surface area contributed by atoms with Crippen LogP contribution in [0.1, 0.15) is 58.8 Å². The van der Waals surface area contributed by atoms with E-state index in [9.17, 15) is 9.59 Å². The van der Waals surface area contributed by atoms with E-state index in [1.54, 1.807) is 0 Å². The summed E-state index contributed by atoms with van der Waals surface area (Å²) in [7, 11) is 0. The molecule has 1 unspecified atom stereocenters. The van der Waals surface area contributed by atoms with Crippen LogP contribution in [0.3, 0.4) is 0 Å². The Balaban J connectivity index is 1.88. The number of hydrogen-bond acceptors (Lipinski definition) is 2. The molecule has 1 atom stereocenters. The molecule has 0 N–H and O–H groups in total. The lowest BCUT2D eigenvalue weighted by Crippen LogP contribution is -2.21. The van der Waals surface area contributed by atoms with Gasteiger partial charge in [0.25, 0.3) is 0 Å². The Hall–Kier alpha value is -1.44. The molecule has 0 saturated heterocycles. The van der Waals surface area contributed by atoms with Crippen molar-refractivity contribution in [1.29, 1.82) is 0 Å². The highest BCUT2D eigenvalue weighted by molar-refractivity contribution is 5.86. The van der Waals surface area contributed by atoms with E-state index in [2.05, 4.69) is 32.4 Å². The van der Waals surface area contributed by atoms with Crippen LogP contribution in [0.5, 0.6) is 0 Å². The number of carbonyl (C=O) groups excluding carboxylic acids is 2. The third-order valence-corrected chi connectivity index (χ3v) is 4.38. The van der Waals surface area contributed by atoms with Crippen LogP contribution in [-0.2, 0) is 9.59 Å². The summed E-state index contributed by atoms with van der Waals surface area (Å²) in [5, 5.41) is 0. The predicted octanol–water partition coefficient (Wildman–Crippen LogP) is 4.77. The number of hydrogen-bond donors (Lipinski definition) is 0. The van der Waals surface area contributed by atoms with Gasteiger partial charge in [-0.2, -0.15) is 0 Å². The Morgan fingerprint density at radius 3 is 2.77 bits per heavy atom. The quantitative estimate of drug-likeness (QED) is 0.678. The van der Waals surface area contributed by atoms with Crippen LogP contribution < -0.4 is 0 Å². The van der Waals surface area contributed by atoms with Crippen molar-refractivity contribution >= 4 is 11.6 Å². The van der Waals surface area contributed by atoms with Crippen molar-refractivity contribution in [3.63, 3.8) is 0 Å². The molecule has 0 heterocycles. The molecule has 2 aliphatic carbocycles. The Morgan fingerprint density at radius 2 is 2.00 bits per heavy atom. The minimum absolute atomic E-state index is 0.0383. The summed E-state index contributed by atoms with van der Waals surface area (Å²) in [6, 6.07) is 0. The standard InChI is InChI=1S/C20H27O2/c1-15(2)14-17(21)10-7-13-20(22)19-12-6-9-16-8-4-3-5-11-18(16)19/h3-5,8,11,15,19H,6-7,9-10,12-14H2,1-2H3. The zero-order chi connectivity index (χ0) is 15.9. The minimum Gasteiger partial charge on any atom is -0.300 e. The lowest BCUT2D eigenvalue weighted by atomic mass is 9.78. The van der Waals surface area contributed by atoms with Crippen molar-refractivity contribution < 1.29 is 9.59 Å². The maximum atomic E-state index is 12.6. The Bertz CT molecular complexity index is 506. The molecule has 0 bridgehead atoms. The molecule has 0 aromatic rings. The van der Waals surface area contributed by atoms with Gasteiger partial charge in [0.15, 0.2) is 0 Å². The molecule has 0 aliphatic heterocycles. The van der Waals surface area contributed by atoms with Gasteiger partial charge in [-0.15, -0.1) is 0 Å². The van der Waals surface area contributed by atoms with Gasteiger partial charge in [-0.05, 0) is 42.7 Å². The van der Waals surface area contributed by atoms with Crippen LogP contribution in [0.4, 0.5) is 0 Å². The molecule has 2 heteroatoms. The molecule has 2 aliphatic rings. The van der Waals surface area contributed by atoms with E-state index in [-0.39, 0.29) is 5.92 Å². The number of rotatable bonds is 7. The van der Waals surface area contributed by atoms with Gasteiger partial charge >= 0.3 is 0 Å². The van der Waals surface area contributed by atoms with Gasteiger partial charge in [-0.1, -0.05) is 38.2 Å². The first-order valence-corrected chi connectivity index (χ1v) is 8.53. The highest BCUT2D eigenvalue weighted by Crippen LogP contribution is 2.35. The van der Waals surface area contributed by atoms with Crippen LogP contribution >= 0.6 is 0 Å². The zero-order valence-electron chi connectivity index (χ0n) is 13.8. The first-order chi connectivity index (χ1) is 10.6. The van der Waals surface area contributed by atoms with Gasteiger partial charge < -0.3 is 0 Å². The molecule has 0 fully saturated rings. The SMILES string of the molecule is CC(C)CC(=O)CCCC(=O)C1CCCC2=C1[CH]C=CC=C2. The highest BCUT2D eigenvalue weighted by Gasteiger charge is 2.27. The van der Waals surface area contributed by atoms with Gasteiger partial charge in [0.05, 0.1) is 0 Å². The third-order valence-electron chi connectivity index (χ3n) is 4.38. The molecule has 0 amide bonds. The van der Waals surface area contributed by atoms with E-state index in [4.69, 9.17) is 0 Å². The first kappa shape index (κ1) is 16.9. The summed E-state index contributed by atoms with van der Waals surface area (Å²) in [5.74, 6) is 1.05. The molecule has 2 rings (SSSR count). The summed E-state index contributed by atoms with van der Waals surface area (Å²) in [6.45, 7) is 4.12. The van der Waals surface area contributed by atoms with Crippen molar-refractivity contribution in [2.24, 2.45) is 11.8 Å². The van der Waals surface area contributed by atoms with Crippen molar-refractivity contribution in [3.05, 3.63) is 41.9 Å². The Labute approximate surface area is 134 Å². The second kappa shape index (κ2) is 8.26. The summed E-state index contributed by atoms with van der Waals surface area (Å²) in [5.41, 5.74) is 2.51. The van der Waals surface area contributed by atoms with Crippen molar-refractivity contribution in [2.45, 2.75) is 58.8 Å². The average molecular weight is 299 g/mol. The molecular weight excluding hydrogens is 272 g/mol. The van der Waals surface area contributed by atoms with E-state index >= 15 is 0 Å². The number of carbonyl (C=O) groups is 2. The summed E-state index contributed by atoms with van der Waals surface area (Å²) >= 11 is 0. The average Bonchev–Trinajstić information content (AvgIpc) is 2.71. The highest BCUT2D eigenvalue weighted by atomic mass is 16.1. The lowest BCUT2D eigenvalue weighted by molar-refractivity contribution is -0.122. The van der Waals surface area contributed by atoms with Crippen molar-refractivity contribution in [3.8, 4) is 0 Å². The van der Waals surface area contributed by atoms with Gasteiger partial charge in [-0.25, -0.2) is 0 Å². The van der Waals surface area contributed by atoms with E-state index < -0.39 is 0 Å². The number of ketones is 2. The fourth-order valence-corrected chi connectivity index (χ4v) is 3.34. The first-order valence-electron chi connectivity index (χ1n) is 8.53. The van der Waals surface area contributed by atoms with Gasteiger partial charge in [-0.3, -0.25) is 9.59 Å². The van der Waals surface area contributed by atoms with E-state index in [0.717, 1.165) is 19.3 Å². The summed E-state index contributed by atoms with van der Waals surface area (Å²) < 4.78 is 0. The fraction of sp³-hybridized carbons (Fsp3) is 0.550. The fourth-order valence-electron chi connectivity index (χ4n) is 3.34. The molecular formula is C20H27O2. The van der Waals surface area contributed by atoms with Gasteiger partial charge in [0, 0.05) is 31.6 Å². The van der Waals surface area contributed by atoms with Crippen LogP contribution in [0, 0.1) is 18.3 Å². The monoisotopic (exact) mass is 299 g/mol. The molecule has 0 aromatic heterocycles. The Morgan fingerprint density at radius 1 is 1.18 bits per heavy atom. The smallest absolute Gasteiger partial charge is 0.140 e. The molecule has 0 saturated carbocycles. The molecule has 22 heavy (non-hydrogen) atoms. The normalized spacial score (nSPS) is 21.0. The second-order valence-corrected chi connectivity index (χ2v) is 6.79. The van der Waals surface area contributed by atoms with Crippen LogP contribution in [0.15, 0.2) is 35.5 Å². The lowest BCUT2D eigenvalue weighted by Gasteiger charge is -2.25. The van der Waals surface area contributed by atoms with Crippen LogP contribution in [0.2, 0.25) is 0 Å². The summed E-state index contributed by atoms with van der Waals surface area (Å²) in [4.78, 5) is 24.3. The number of Topliss-reactive ketones (excluding diaryl/α,β-unsaturated/α-hetero) is 2. The van der Waals surface area contributed by atoms with Crippen LogP contribution in [-0.4, -0.2) is 11.6 Å². The minimum atomic E-state index is 0.0383. The zero-order valence-corrected chi connectivity index (χ0v) is 13.8. The predicted molar refractivity (Wildman–Crippen MR) is 90.3 cm³/mol. The Kier molecular flexibility index (Phi) is 6.35. The molecule has 0 spiro atoms. The molecule has 2 nitrogen and oxygen atoms in total. The largest absolute Gasteiger partial charge is 0.300 e. The summed E-state index contributed by atoms with van der Waals surface area (Å²) in [6.07, 6.45) is 15.9. The number of allylic oxidation sites excluding steroid dienone is 6. The van der Waals surface area contributed by atoms with E-state index in [1.807, 2.05) is 12.2 Å². The molecule has 119 valence electrons. The third kappa shape index (κ3) is 4.79. The van der Waals surface area contributed by atoms with Crippen molar-refractivity contribution in [1.82, 2.24) is 0 Å². The second-order valence-electron chi connectivity index (χ2n) is 6.79. The molecule has 0 aromatic carbocycles. The van der Waals surface area contributed by atoms with E-state index in [0.29, 0.717) is 43.2 Å². The maximum Gasteiger partial charge on any atom is 0.140 e. The molecule has 1 radical (unpaired) electrons. The van der Waals surface area contributed by atoms with Crippen LogP contribution in [0.25, 0.3) is 0 Å².